The van der Waals surface area contributed by atoms with Crippen LogP contribution >= 0.6 is 11.6 Å². The molecule has 1 aliphatic heterocycles. The Kier molecular flexibility index (Phi) is 8.48. The molecule has 1 fully saturated rings. The molecule has 0 aromatic heterocycles. The first kappa shape index (κ1) is 26.2. The highest BCUT2D eigenvalue weighted by Crippen LogP contribution is 2.40. The quantitative estimate of drug-likeness (QED) is 0.169. The number of ether oxygens (including phenoxy) is 1. The molecule has 9 nitrogen and oxygen atoms in total. The summed E-state index contributed by atoms with van der Waals surface area (Å²) in [5, 5.41) is 22.5. The smallest absolute Gasteiger partial charge is 0.295 e. The van der Waals surface area contributed by atoms with Crippen LogP contribution in [0.2, 0.25) is 5.02 Å². The summed E-state index contributed by atoms with van der Waals surface area (Å²) in [5.41, 5.74) is 0.532. The van der Waals surface area contributed by atoms with E-state index >= 15 is 0 Å². The monoisotopic (exact) mass is 501 g/mol. The van der Waals surface area contributed by atoms with Gasteiger partial charge in [0.15, 0.2) is 0 Å². The standard InChI is InChI=1S/C25H28ClN3O6/c1-4-27(5-2)13-6-14-28-22(16-7-10-18(11-8-16)29(33)34)21(24(31)25(28)32)23(30)17-9-12-20(35-3)19(26)15-17/h7-12,15,22,30H,4-6,13-14H2,1-3H3/b23-21+/t22-/m0/s1. The number of aliphatic hydroxyl groups excluding tert-OH is 1. The third-order valence-corrected chi connectivity index (χ3v) is 6.45. The van der Waals surface area contributed by atoms with Crippen molar-refractivity contribution in [1.82, 2.24) is 9.80 Å². The van der Waals surface area contributed by atoms with Gasteiger partial charge < -0.3 is 19.6 Å². The van der Waals surface area contributed by atoms with Gasteiger partial charge in [0.25, 0.3) is 17.4 Å². The average Bonchev–Trinajstić information content (AvgIpc) is 3.11. The molecule has 0 radical (unpaired) electrons. The van der Waals surface area contributed by atoms with E-state index < -0.39 is 22.7 Å². The number of amides is 1. The molecule has 2 aromatic carbocycles. The Labute approximate surface area is 208 Å². The van der Waals surface area contributed by atoms with Gasteiger partial charge in [-0.05, 0) is 62.0 Å². The maximum absolute atomic E-state index is 13.1. The molecule has 2 aromatic rings. The summed E-state index contributed by atoms with van der Waals surface area (Å²) in [4.78, 5) is 40.4. The zero-order valence-electron chi connectivity index (χ0n) is 19.9. The van der Waals surface area contributed by atoms with Crippen molar-refractivity contribution in [3.63, 3.8) is 0 Å². The van der Waals surface area contributed by atoms with Crippen molar-refractivity contribution in [1.29, 1.82) is 0 Å². The molecule has 1 heterocycles. The molecule has 1 saturated heterocycles. The first-order valence-electron chi connectivity index (χ1n) is 11.3. The van der Waals surface area contributed by atoms with Crippen LogP contribution in [0.4, 0.5) is 5.69 Å². The molecule has 0 spiro atoms. The van der Waals surface area contributed by atoms with Crippen LogP contribution in [0.5, 0.6) is 5.75 Å². The lowest BCUT2D eigenvalue weighted by Crippen LogP contribution is -2.33. The summed E-state index contributed by atoms with van der Waals surface area (Å²) in [6, 6.07) is 9.29. The number of carbonyl (C=O) groups is 2. The fraction of sp³-hybridized carbons (Fsp3) is 0.360. The molecule has 0 saturated carbocycles. The summed E-state index contributed by atoms with van der Waals surface area (Å²) in [5.74, 6) is -1.52. The Morgan fingerprint density at radius 3 is 2.37 bits per heavy atom. The Morgan fingerprint density at radius 2 is 1.83 bits per heavy atom. The number of likely N-dealkylation sites (tertiary alicyclic amines) is 1. The first-order valence-corrected chi connectivity index (χ1v) is 11.7. The molecule has 1 aliphatic rings. The molecule has 10 heteroatoms. The molecule has 0 bridgehead atoms. The van der Waals surface area contributed by atoms with Gasteiger partial charge in [-0.2, -0.15) is 0 Å². The summed E-state index contributed by atoms with van der Waals surface area (Å²) in [7, 11) is 1.46. The Hall–Kier alpha value is -3.43. The van der Waals surface area contributed by atoms with Crippen LogP contribution in [0.25, 0.3) is 5.76 Å². The topological polar surface area (TPSA) is 113 Å². The van der Waals surface area contributed by atoms with Crippen LogP contribution in [0.1, 0.15) is 37.4 Å². The van der Waals surface area contributed by atoms with Gasteiger partial charge in [-0.25, -0.2) is 0 Å². The number of hydrogen-bond donors (Lipinski definition) is 1. The molecule has 3 rings (SSSR count). The minimum absolute atomic E-state index is 0.0899. The van der Waals surface area contributed by atoms with Crippen LogP contribution in [0, 0.1) is 10.1 Å². The number of ketones is 1. The van der Waals surface area contributed by atoms with Crippen LogP contribution < -0.4 is 4.74 Å². The van der Waals surface area contributed by atoms with E-state index in [0.717, 1.165) is 19.6 Å². The summed E-state index contributed by atoms with van der Waals surface area (Å²) in [6.45, 7) is 6.83. The van der Waals surface area contributed by atoms with Gasteiger partial charge in [0, 0.05) is 24.2 Å². The number of methoxy groups -OCH3 is 1. The van der Waals surface area contributed by atoms with E-state index in [0.29, 0.717) is 17.7 Å². The van der Waals surface area contributed by atoms with Gasteiger partial charge in [-0.3, -0.25) is 19.7 Å². The molecular formula is C25H28ClN3O6. The number of carbonyl (C=O) groups excluding carboxylic acids is 2. The van der Waals surface area contributed by atoms with Crippen LogP contribution in [0.15, 0.2) is 48.0 Å². The molecule has 0 aliphatic carbocycles. The largest absolute Gasteiger partial charge is 0.507 e. The summed E-state index contributed by atoms with van der Waals surface area (Å²) < 4.78 is 5.15. The maximum Gasteiger partial charge on any atom is 0.295 e. The number of hydrogen-bond acceptors (Lipinski definition) is 7. The van der Waals surface area contributed by atoms with Crippen LogP contribution in [0.3, 0.4) is 0 Å². The highest BCUT2D eigenvalue weighted by atomic mass is 35.5. The van der Waals surface area contributed by atoms with Crippen molar-refractivity contribution in [3.05, 3.63) is 74.3 Å². The highest BCUT2D eigenvalue weighted by molar-refractivity contribution is 6.46. The number of rotatable bonds is 10. The highest BCUT2D eigenvalue weighted by Gasteiger charge is 2.46. The second-order valence-electron chi connectivity index (χ2n) is 8.07. The van der Waals surface area contributed by atoms with Crippen LogP contribution in [-0.2, 0) is 9.59 Å². The van der Waals surface area contributed by atoms with Gasteiger partial charge >= 0.3 is 0 Å². The molecule has 1 N–H and O–H groups in total. The Bertz CT molecular complexity index is 1140. The maximum atomic E-state index is 13.1. The van der Waals surface area contributed by atoms with E-state index in [2.05, 4.69) is 4.90 Å². The van der Waals surface area contributed by atoms with Crippen molar-refractivity contribution in [2.24, 2.45) is 0 Å². The Balaban J connectivity index is 2.07. The predicted octanol–water partition coefficient (Wildman–Crippen LogP) is 4.41. The number of nitrogens with zero attached hydrogens (tertiary/aromatic N) is 3. The number of nitro groups is 1. The molecular weight excluding hydrogens is 474 g/mol. The summed E-state index contributed by atoms with van der Waals surface area (Å²) >= 11 is 6.21. The molecule has 1 atom stereocenters. The normalized spacial score (nSPS) is 17.3. The second kappa shape index (κ2) is 11.3. The average molecular weight is 502 g/mol. The van der Waals surface area contributed by atoms with E-state index in [1.807, 2.05) is 13.8 Å². The molecule has 186 valence electrons. The minimum Gasteiger partial charge on any atom is -0.507 e. The molecule has 1 amide bonds. The minimum atomic E-state index is -0.895. The predicted molar refractivity (Wildman–Crippen MR) is 133 cm³/mol. The molecule has 35 heavy (non-hydrogen) atoms. The number of halogens is 1. The van der Waals surface area contributed by atoms with Crippen molar-refractivity contribution in [3.8, 4) is 5.75 Å². The fourth-order valence-electron chi connectivity index (χ4n) is 4.21. The van der Waals surface area contributed by atoms with E-state index in [1.54, 1.807) is 12.1 Å². The summed E-state index contributed by atoms with van der Waals surface area (Å²) in [6.07, 6.45) is 0.618. The third kappa shape index (κ3) is 5.47. The van der Waals surface area contributed by atoms with E-state index in [-0.39, 0.29) is 34.2 Å². The van der Waals surface area contributed by atoms with E-state index in [1.165, 1.54) is 42.3 Å². The fourth-order valence-corrected chi connectivity index (χ4v) is 4.47. The van der Waals surface area contributed by atoms with E-state index in [9.17, 15) is 24.8 Å². The Morgan fingerprint density at radius 1 is 1.17 bits per heavy atom. The zero-order chi connectivity index (χ0) is 25.7. The number of benzene rings is 2. The van der Waals surface area contributed by atoms with E-state index in [4.69, 9.17) is 16.3 Å². The number of non-ortho nitro benzene ring substituents is 1. The SMILES string of the molecule is CCN(CC)CCCN1C(=O)C(=O)/C(=C(/O)c2ccc(OC)c(Cl)c2)[C@@H]1c1ccc([N+](=O)[O-])cc1. The lowest BCUT2D eigenvalue weighted by atomic mass is 9.95. The zero-order valence-corrected chi connectivity index (χ0v) is 20.6. The third-order valence-electron chi connectivity index (χ3n) is 6.15. The van der Waals surface area contributed by atoms with Crippen molar-refractivity contribution in [2.45, 2.75) is 26.3 Å². The van der Waals surface area contributed by atoms with Gasteiger partial charge in [-0.15, -0.1) is 0 Å². The molecule has 0 unspecified atom stereocenters. The van der Waals surface area contributed by atoms with Crippen molar-refractivity contribution in [2.75, 3.05) is 33.3 Å². The number of nitro benzene ring substituents is 1. The van der Waals surface area contributed by atoms with Crippen molar-refractivity contribution < 1.29 is 24.4 Å². The van der Waals surface area contributed by atoms with Crippen molar-refractivity contribution >= 4 is 34.7 Å². The van der Waals surface area contributed by atoms with Gasteiger partial charge in [-0.1, -0.05) is 25.4 Å². The van der Waals surface area contributed by atoms with Crippen LogP contribution in [-0.4, -0.2) is 64.8 Å². The number of aliphatic hydroxyl groups is 1. The number of Topliss-reactive ketones (excluding diaryl/α,β-unsaturated/α-hetero) is 1. The van der Waals surface area contributed by atoms with Gasteiger partial charge in [0.2, 0.25) is 0 Å². The van der Waals surface area contributed by atoms with Gasteiger partial charge in [0.1, 0.15) is 11.5 Å². The lowest BCUT2D eigenvalue weighted by Gasteiger charge is -2.26. The first-order chi connectivity index (χ1) is 16.7. The lowest BCUT2D eigenvalue weighted by molar-refractivity contribution is -0.384. The second-order valence-corrected chi connectivity index (χ2v) is 8.48. The van der Waals surface area contributed by atoms with Gasteiger partial charge in [0.05, 0.1) is 28.7 Å².